The summed E-state index contributed by atoms with van der Waals surface area (Å²) in [7, 11) is 2.05. The molecule has 0 aliphatic heterocycles. The van der Waals surface area contributed by atoms with Crippen molar-refractivity contribution in [1.29, 1.82) is 0 Å². The van der Waals surface area contributed by atoms with E-state index in [1.807, 2.05) is 42.7 Å². The van der Waals surface area contributed by atoms with Gasteiger partial charge < -0.3 is 4.57 Å². The Morgan fingerprint density at radius 2 is 1.81 bits per heavy atom. The number of benzene rings is 2. The van der Waals surface area contributed by atoms with Gasteiger partial charge in [0.05, 0.1) is 32.8 Å². The van der Waals surface area contributed by atoms with Gasteiger partial charge in [-0.2, -0.15) is 0 Å². The predicted octanol–water partition coefficient (Wildman–Crippen LogP) is 4.50. The summed E-state index contributed by atoms with van der Waals surface area (Å²) in [6, 6.07) is 13.8. The maximum Gasteiger partial charge on any atom is 0.110 e. The lowest BCUT2D eigenvalue weighted by Crippen LogP contribution is -2.02. The Balaban J connectivity index is 1.51. The van der Waals surface area contributed by atoms with Crippen molar-refractivity contribution in [2.75, 3.05) is 0 Å². The first-order valence-corrected chi connectivity index (χ1v) is 9.18. The van der Waals surface area contributed by atoms with E-state index < -0.39 is 0 Å². The van der Waals surface area contributed by atoms with Crippen LogP contribution in [-0.2, 0) is 19.9 Å². The van der Waals surface area contributed by atoms with Crippen LogP contribution in [0.4, 0.5) is 0 Å². The molecule has 3 aromatic heterocycles. The number of para-hydroxylation sites is 1. The fourth-order valence-electron chi connectivity index (χ4n) is 3.48. The van der Waals surface area contributed by atoms with Gasteiger partial charge in [-0.3, -0.25) is 9.97 Å². The summed E-state index contributed by atoms with van der Waals surface area (Å²) in [5.74, 6) is 1.02. The minimum absolute atomic E-state index is 0.628. The lowest BCUT2D eigenvalue weighted by molar-refractivity contribution is 0.776. The molecule has 0 aliphatic rings. The van der Waals surface area contributed by atoms with Crippen LogP contribution in [0.25, 0.3) is 33.0 Å². The van der Waals surface area contributed by atoms with Crippen molar-refractivity contribution in [3.63, 3.8) is 0 Å². The van der Waals surface area contributed by atoms with Gasteiger partial charge in [0.25, 0.3) is 0 Å². The standard InChI is InChI=1S/C21H16ClN5/c1-27-18-9-8-16-14(4-3-11-23-16)20(18)26-19(27)10-7-13-12-24-17-6-2-5-15(22)21(17)25-13/h2-6,8-9,11-12H,7,10H2,1H3. The molecule has 0 atom stereocenters. The number of hydrogen-bond acceptors (Lipinski definition) is 4. The molecule has 0 radical (unpaired) electrons. The highest BCUT2D eigenvalue weighted by Gasteiger charge is 2.12. The maximum absolute atomic E-state index is 6.26. The third-order valence-electron chi connectivity index (χ3n) is 4.90. The third kappa shape index (κ3) is 2.71. The zero-order chi connectivity index (χ0) is 18.4. The number of halogens is 1. The Bertz CT molecular complexity index is 1310. The number of rotatable bonds is 3. The molecule has 0 fully saturated rings. The summed E-state index contributed by atoms with van der Waals surface area (Å²) in [4.78, 5) is 18.5. The van der Waals surface area contributed by atoms with Gasteiger partial charge in [0.1, 0.15) is 11.3 Å². The van der Waals surface area contributed by atoms with E-state index in [2.05, 4.69) is 38.7 Å². The second kappa shape index (κ2) is 6.28. The van der Waals surface area contributed by atoms with Gasteiger partial charge in [-0.05, 0) is 42.8 Å². The van der Waals surface area contributed by atoms with Gasteiger partial charge in [-0.1, -0.05) is 17.7 Å². The molecule has 0 saturated carbocycles. The first kappa shape index (κ1) is 16.1. The van der Waals surface area contributed by atoms with Gasteiger partial charge in [0, 0.05) is 31.2 Å². The highest BCUT2D eigenvalue weighted by molar-refractivity contribution is 6.34. The largest absolute Gasteiger partial charge is 0.331 e. The van der Waals surface area contributed by atoms with Gasteiger partial charge >= 0.3 is 0 Å². The van der Waals surface area contributed by atoms with Gasteiger partial charge in [-0.15, -0.1) is 0 Å². The molecule has 5 aromatic rings. The van der Waals surface area contributed by atoms with Crippen molar-refractivity contribution in [2.24, 2.45) is 7.05 Å². The van der Waals surface area contributed by atoms with Crippen molar-refractivity contribution in [1.82, 2.24) is 24.5 Å². The van der Waals surface area contributed by atoms with E-state index in [1.165, 1.54) is 0 Å². The number of imidazole rings is 1. The van der Waals surface area contributed by atoms with Gasteiger partial charge in [0.2, 0.25) is 0 Å². The number of fused-ring (bicyclic) bond motifs is 4. The van der Waals surface area contributed by atoms with E-state index in [0.29, 0.717) is 5.02 Å². The van der Waals surface area contributed by atoms with Crippen LogP contribution in [0.1, 0.15) is 11.5 Å². The van der Waals surface area contributed by atoms with Crippen molar-refractivity contribution in [3.05, 3.63) is 71.4 Å². The van der Waals surface area contributed by atoms with E-state index >= 15 is 0 Å². The summed E-state index contributed by atoms with van der Waals surface area (Å²) >= 11 is 6.26. The molecule has 0 saturated heterocycles. The molecule has 5 nitrogen and oxygen atoms in total. The molecule has 0 spiro atoms. The quantitative estimate of drug-likeness (QED) is 0.467. The smallest absolute Gasteiger partial charge is 0.110 e. The molecule has 2 aromatic carbocycles. The molecule has 0 amide bonds. The van der Waals surface area contributed by atoms with E-state index in [4.69, 9.17) is 16.6 Å². The number of aryl methyl sites for hydroxylation is 3. The van der Waals surface area contributed by atoms with Gasteiger partial charge in [-0.25, -0.2) is 9.97 Å². The minimum Gasteiger partial charge on any atom is -0.331 e. The number of hydrogen-bond donors (Lipinski definition) is 0. The number of nitrogens with zero attached hydrogens (tertiary/aromatic N) is 5. The zero-order valence-electron chi connectivity index (χ0n) is 14.7. The molecular weight excluding hydrogens is 358 g/mol. The molecule has 27 heavy (non-hydrogen) atoms. The minimum atomic E-state index is 0.628. The summed E-state index contributed by atoms with van der Waals surface area (Å²) in [5, 5.41) is 1.71. The lowest BCUT2D eigenvalue weighted by atomic mass is 10.2. The second-order valence-electron chi connectivity index (χ2n) is 6.56. The van der Waals surface area contributed by atoms with Crippen LogP contribution in [0, 0.1) is 0 Å². The molecule has 0 bridgehead atoms. The fourth-order valence-corrected chi connectivity index (χ4v) is 3.69. The molecular formula is C21H16ClN5. The molecule has 3 heterocycles. The van der Waals surface area contributed by atoms with Crippen LogP contribution in [0.15, 0.2) is 54.9 Å². The van der Waals surface area contributed by atoms with Crippen molar-refractivity contribution in [3.8, 4) is 0 Å². The molecule has 0 N–H and O–H groups in total. The zero-order valence-corrected chi connectivity index (χ0v) is 15.5. The monoisotopic (exact) mass is 373 g/mol. The molecule has 0 aliphatic carbocycles. The number of pyridine rings is 1. The van der Waals surface area contributed by atoms with Crippen LogP contribution in [0.3, 0.4) is 0 Å². The molecule has 6 heteroatoms. The Kier molecular flexibility index (Phi) is 3.76. The Hall–Kier alpha value is -3.05. The average Bonchev–Trinajstić information content (AvgIpc) is 3.03. The van der Waals surface area contributed by atoms with Crippen molar-refractivity contribution >= 4 is 44.6 Å². The SMILES string of the molecule is Cn1c(CCc2cnc3cccc(Cl)c3n2)nc2c3cccnc3ccc21. The maximum atomic E-state index is 6.26. The lowest BCUT2D eigenvalue weighted by Gasteiger charge is -2.04. The second-order valence-corrected chi connectivity index (χ2v) is 6.97. The Morgan fingerprint density at radius 1 is 0.889 bits per heavy atom. The fraction of sp³-hybridized carbons (Fsp3) is 0.143. The molecule has 132 valence electrons. The first-order chi connectivity index (χ1) is 13.2. The van der Waals surface area contributed by atoms with Crippen LogP contribution in [0.2, 0.25) is 5.02 Å². The van der Waals surface area contributed by atoms with Gasteiger partial charge in [0.15, 0.2) is 0 Å². The summed E-state index contributed by atoms with van der Waals surface area (Å²) in [5.41, 5.74) is 5.54. The third-order valence-corrected chi connectivity index (χ3v) is 5.21. The van der Waals surface area contributed by atoms with Crippen molar-refractivity contribution < 1.29 is 0 Å². The van der Waals surface area contributed by atoms with Crippen LogP contribution in [0.5, 0.6) is 0 Å². The van der Waals surface area contributed by atoms with E-state index in [-0.39, 0.29) is 0 Å². The molecule has 5 rings (SSSR count). The molecule has 0 unspecified atom stereocenters. The van der Waals surface area contributed by atoms with Crippen molar-refractivity contribution in [2.45, 2.75) is 12.8 Å². The van der Waals surface area contributed by atoms with E-state index in [9.17, 15) is 0 Å². The highest BCUT2D eigenvalue weighted by atomic mass is 35.5. The van der Waals surface area contributed by atoms with E-state index in [0.717, 1.165) is 57.3 Å². The van der Waals surface area contributed by atoms with Crippen LogP contribution >= 0.6 is 11.6 Å². The van der Waals surface area contributed by atoms with E-state index in [1.54, 1.807) is 0 Å². The number of aromatic nitrogens is 5. The topological polar surface area (TPSA) is 56.5 Å². The predicted molar refractivity (Wildman–Crippen MR) is 108 cm³/mol. The van der Waals surface area contributed by atoms with Crippen LogP contribution in [-0.4, -0.2) is 24.5 Å². The Morgan fingerprint density at radius 3 is 2.74 bits per heavy atom. The Labute approximate surface area is 160 Å². The normalized spacial score (nSPS) is 11.6. The van der Waals surface area contributed by atoms with Crippen LogP contribution < -0.4 is 0 Å². The summed E-state index contributed by atoms with van der Waals surface area (Å²) < 4.78 is 2.14. The highest BCUT2D eigenvalue weighted by Crippen LogP contribution is 2.25. The summed E-state index contributed by atoms with van der Waals surface area (Å²) in [6.45, 7) is 0. The first-order valence-electron chi connectivity index (χ1n) is 8.80. The summed E-state index contributed by atoms with van der Waals surface area (Å²) in [6.07, 6.45) is 5.15. The average molecular weight is 374 g/mol.